The molecule has 0 unspecified atom stereocenters. The van der Waals surface area contributed by atoms with Gasteiger partial charge in [-0.1, -0.05) is 67.0 Å². The highest BCUT2D eigenvalue weighted by Crippen LogP contribution is 2.38. The molecule has 35 heavy (non-hydrogen) atoms. The Labute approximate surface area is 216 Å². The Morgan fingerprint density at radius 2 is 1.86 bits per heavy atom. The number of aryl methyl sites for hydroxylation is 1. The van der Waals surface area contributed by atoms with Crippen molar-refractivity contribution in [3.05, 3.63) is 58.5 Å². The van der Waals surface area contributed by atoms with E-state index in [1.807, 2.05) is 56.3 Å². The zero-order chi connectivity index (χ0) is 24.8. The number of anilines is 1. The van der Waals surface area contributed by atoms with Crippen LogP contribution in [0.1, 0.15) is 50.2 Å². The Hall–Kier alpha value is -2.84. The van der Waals surface area contributed by atoms with Crippen molar-refractivity contribution in [3.63, 3.8) is 0 Å². The van der Waals surface area contributed by atoms with Gasteiger partial charge in [-0.15, -0.1) is 0 Å². The molecule has 1 aliphatic heterocycles. The van der Waals surface area contributed by atoms with Crippen LogP contribution in [0.3, 0.4) is 0 Å². The van der Waals surface area contributed by atoms with Gasteiger partial charge in [0, 0.05) is 11.7 Å². The average molecular weight is 511 g/mol. The maximum absolute atomic E-state index is 13.1. The van der Waals surface area contributed by atoms with Gasteiger partial charge < -0.3 is 14.8 Å². The molecule has 6 nitrogen and oxygen atoms in total. The molecule has 1 aliphatic carbocycles. The molecular formula is C27H30N2O4S2. The van der Waals surface area contributed by atoms with Gasteiger partial charge >= 0.3 is 0 Å². The number of hydrogen-bond donors (Lipinski definition) is 1. The fraction of sp³-hybridized carbons (Fsp3) is 0.370. The maximum atomic E-state index is 13.1. The third-order valence-electron chi connectivity index (χ3n) is 6.02. The zero-order valence-electron chi connectivity index (χ0n) is 20.0. The summed E-state index contributed by atoms with van der Waals surface area (Å²) in [5, 5.41) is 2.82. The van der Waals surface area contributed by atoms with Gasteiger partial charge in [0.15, 0.2) is 18.1 Å². The molecule has 2 amide bonds. The lowest BCUT2D eigenvalue weighted by Crippen LogP contribution is -2.39. The van der Waals surface area contributed by atoms with E-state index in [-0.39, 0.29) is 24.5 Å². The molecule has 0 atom stereocenters. The minimum atomic E-state index is -0.258. The summed E-state index contributed by atoms with van der Waals surface area (Å²) in [5.41, 5.74) is 2.65. The molecule has 2 aromatic carbocycles. The molecule has 1 heterocycles. The van der Waals surface area contributed by atoms with Crippen LogP contribution in [-0.4, -0.2) is 40.3 Å². The van der Waals surface area contributed by atoms with E-state index in [2.05, 4.69) is 5.32 Å². The zero-order valence-corrected chi connectivity index (χ0v) is 21.7. The number of nitrogens with zero attached hydrogens (tertiary/aromatic N) is 1. The van der Waals surface area contributed by atoms with Crippen LogP contribution in [0, 0.1) is 6.92 Å². The first-order chi connectivity index (χ1) is 16.9. The minimum absolute atomic E-state index is 0.0158. The summed E-state index contributed by atoms with van der Waals surface area (Å²) < 4.78 is 12.1. The molecule has 1 saturated heterocycles. The lowest BCUT2D eigenvalue weighted by Gasteiger charge is -2.29. The van der Waals surface area contributed by atoms with Gasteiger partial charge in [0.25, 0.3) is 11.8 Å². The second-order valence-corrected chi connectivity index (χ2v) is 10.4. The van der Waals surface area contributed by atoms with Gasteiger partial charge in [-0.3, -0.25) is 14.5 Å². The van der Waals surface area contributed by atoms with Crippen LogP contribution in [-0.2, 0) is 9.59 Å². The first-order valence-corrected chi connectivity index (χ1v) is 13.2. The summed E-state index contributed by atoms with van der Waals surface area (Å²) in [6.45, 7) is 4.17. The van der Waals surface area contributed by atoms with Crippen LogP contribution in [0.5, 0.6) is 11.5 Å². The van der Waals surface area contributed by atoms with Crippen molar-refractivity contribution in [3.8, 4) is 11.5 Å². The predicted octanol–water partition coefficient (Wildman–Crippen LogP) is 5.95. The van der Waals surface area contributed by atoms with E-state index in [4.69, 9.17) is 21.7 Å². The van der Waals surface area contributed by atoms with Crippen molar-refractivity contribution in [2.75, 3.05) is 18.5 Å². The standard InChI is InChI=1S/C27H30N2O4S2/c1-3-32-23-15-19(16-24-26(31)29(27(34)35-24)21-7-5-4-6-8-21)11-14-22(23)33-17-25(30)28-20-12-9-18(2)10-13-20/h9-16,21H,3-8,17H2,1-2H3,(H,28,30)/b24-16+. The number of carbonyl (C=O) groups is 2. The van der Waals surface area contributed by atoms with Gasteiger partial charge in [0.05, 0.1) is 11.5 Å². The summed E-state index contributed by atoms with van der Waals surface area (Å²) in [6.07, 6.45) is 7.38. The van der Waals surface area contributed by atoms with Crippen LogP contribution in [0.15, 0.2) is 47.4 Å². The second-order valence-electron chi connectivity index (χ2n) is 8.69. The van der Waals surface area contributed by atoms with Gasteiger partial charge in [0.2, 0.25) is 0 Å². The fourth-order valence-corrected chi connectivity index (χ4v) is 5.66. The van der Waals surface area contributed by atoms with E-state index in [9.17, 15) is 9.59 Å². The minimum Gasteiger partial charge on any atom is -0.490 e. The van der Waals surface area contributed by atoms with E-state index in [1.54, 1.807) is 11.0 Å². The van der Waals surface area contributed by atoms with Crippen LogP contribution in [0.4, 0.5) is 5.69 Å². The quantitative estimate of drug-likeness (QED) is 0.350. The molecule has 2 aliphatic rings. The molecule has 0 aromatic heterocycles. The number of ether oxygens (including phenoxy) is 2. The van der Waals surface area contributed by atoms with E-state index in [0.29, 0.717) is 27.3 Å². The molecule has 8 heteroatoms. The second kappa shape index (κ2) is 11.7. The Balaban J connectivity index is 1.43. The summed E-state index contributed by atoms with van der Waals surface area (Å²) in [4.78, 5) is 27.8. The Morgan fingerprint density at radius 1 is 1.11 bits per heavy atom. The topological polar surface area (TPSA) is 67.9 Å². The summed E-state index contributed by atoms with van der Waals surface area (Å²) in [6, 6.07) is 13.2. The molecule has 1 N–H and O–H groups in total. The van der Waals surface area contributed by atoms with Crippen molar-refractivity contribution in [1.29, 1.82) is 0 Å². The highest BCUT2D eigenvalue weighted by Gasteiger charge is 2.37. The maximum Gasteiger partial charge on any atom is 0.266 e. The lowest BCUT2D eigenvalue weighted by molar-refractivity contribution is -0.124. The van der Waals surface area contributed by atoms with Crippen molar-refractivity contribution in [2.45, 2.75) is 52.0 Å². The number of amides is 2. The van der Waals surface area contributed by atoms with Gasteiger partial charge in [-0.2, -0.15) is 0 Å². The first-order valence-electron chi connectivity index (χ1n) is 12.0. The molecule has 1 saturated carbocycles. The Morgan fingerprint density at radius 3 is 2.57 bits per heavy atom. The van der Waals surface area contributed by atoms with Gasteiger partial charge in [-0.25, -0.2) is 0 Å². The normalized spacial score (nSPS) is 17.7. The third-order valence-corrected chi connectivity index (χ3v) is 7.35. The monoisotopic (exact) mass is 510 g/mol. The number of carbonyl (C=O) groups excluding carboxylic acids is 2. The Kier molecular flexibility index (Phi) is 8.46. The van der Waals surface area contributed by atoms with Gasteiger partial charge in [-0.05, 0) is 62.6 Å². The number of rotatable bonds is 8. The summed E-state index contributed by atoms with van der Waals surface area (Å²) in [7, 11) is 0. The van der Waals surface area contributed by atoms with Crippen molar-refractivity contribution in [2.24, 2.45) is 0 Å². The molecular weight excluding hydrogens is 480 g/mol. The largest absolute Gasteiger partial charge is 0.490 e. The molecule has 0 bridgehead atoms. The van der Waals surface area contributed by atoms with E-state index < -0.39 is 0 Å². The van der Waals surface area contributed by atoms with E-state index in [0.717, 1.165) is 42.5 Å². The molecule has 184 valence electrons. The van der Waals surface area contributed by atoms with Crippen LogP contribution in [0.2, 0.25) is 0 Å². The highest BCUT2D eigenvalue weighted by atomic mass is 32.2. The number of hydrogen-bond acceptors (Lipinski definition) is 6. The van der Waals surface area contributed by atoms with Crippen molar-refractivity contribution in [1.82, 2.24) is 4.90 Å². The van der Waals surface area contributed by atoms with Crippen molar-refractivity contribution >= 4 is 51.9 Å². The Bertz CT molecular complexity index is 1120. The number of benzene rings is 2. The fourth-order valence-electron chi connectivity index (χ4n) is 4.26. The molecule has 2 aromatic rings. The average Bonchev–Trinajstić information content (AvgIpc) is 3.13. The third kappa shape index (κ3) is 6.44. The van der Waals surface area contributed by atoms with Crippen LogP contribution < -0.4 is 14.8 Å². The number of nitrogens with one attached hydrogen (secondary N) is 1. The van der Waals surface area contributed by atoms with Gasteiger partial charge in [0.1, 0.15) is 4.32 Å². The van der Waals surface area contributed by atoms with E-state index >= 15 is 0 Å². The lowest BCUT2D eigenvalue weighted by atomic mass is 9.94. The van der Waals surface area contributed by atoms with E-state index in [1.165, 1.54) is 18.2 Å². The molecule has 2 fully saturated rings. The molecule has 4 rings (SSSR count). The molecule has 0 spiro atoms. The van der Waals surface area contributed by atoms with Crippen LogP contribution in [0.25, 0.3) is 6.08 Å². The molecule has 0 radical (unpaired) electrons. The number of thioether (sulfide) groups is 1. The highest BCUT2D eigenvalue weighted by molar-refractivity contribution is 8.26. The smallest absolute Gasteiger partial charge is 0.266 e. The summed E-state index contributed by atoms with van der Waals surface area (Å²) >= 11 is 6.89. The SMILES string of the molecule is CCOc1cc(/C=C2/SC(=S)N(C3CCCCC3)C2=O)ccc1OCC(=O)Nc1ccc(C)cc1. The van der Waals surface area contributed by atoms with Crippen LogP contribution >= 0.6 is 24.0 Å². The van der Waals surface area contributed by atoms with Crippen molar-refractivity contribution < 1.29 is 19.1 Å². The first kappa shape index (κ1) is 25.3. The summed E-state index contributed by atoms with van der Waals surface area (Å²) in [5.74, 6) is 0.717. The predicted molar refractivity (Wildman–Crippen MR) is 145 cm³/mol. The number of thiocarbonyl (C=S) groups is 1.